The Kier molecular flexibility index (Phi) is 9.21. The van der Waals surface area contributed by atoms with E-state index in [-0.39, 0.29) is 17.9 Å². The topological polar surface area (TPSA) is 154 Å². The second-order valence-electron chi connectivity index (χ2n) is 7.74. The highest BCUT2D eigenvalue weighted by Crippen LogP contribution is 2.27. The molecule has 1 aromatic rings. The van der Waals surface area contributed by atoms with Gasteiger partial charge in [0.1, 0.15) is 5.75 Å². The van der Waals surface area contributed by atoms with E-state index < -0.39 is 11.9 Å². The van der Waals surface area contributed by atoms with Gasteiger partial charge in [0.2, 0.25) is 5.91 Å². The second kappa shape index (κ2) is 11.8. The minimum Gasteiger partial charge on any atom is -0.496 e. The van der Waals surface area contributed by atoms with Gasteiger partial charge in [0.05, 0.1) is 12.7 Å². The third-order valence-electron chi connectivity index (χ3n) is 5.18. The number of benzene rings is 1. The second-order valence-corrected chi connectivity index (χ2v) is 7.74. The molecule has 0 saturated carbocycles. The highest BCUT2D eigenvalue weighted by molar-refractivity contribution is 5.98. The summed E-state index contributed by atoms with van der Waals surface area (Å²) in [5.41, 5.74) is 1.11. The van der Waals surface area contributed by atoms with Crippen molar-refractivity contribution in [1.29, 1.82) is 0 Å². The van der Waals surface area contributed by atoms with Crippen molar-refractivity contribution in [3.63, 3.8) is 0 Å². The number of amides is 2. The van der Waals surface area contributed by atoms with Crippen molar-refractivity contribution in [1.82, 2.24) is 10.6 Å². The predicted molar refractivity (Wildman–Crippen MR) is 117 cm³/mol. The largest absolute Gasteiger partial charge is 0.496 e. The van der Waals surface area contributed by atoms with Crippen molar-refractivity contribution in [3.05, 3.63) is 35.9 Å². The number of fused-ring (bicyclic) bond motifs is 2. The standard InChI is InChI=1S/C18H25N3O3.C4H4O4/c1-11(22)19-14-6-7-16(17(10-14)24-2)18(23)21-15-8-12-4-3-5-13(9-15)20-12;5-3(6)1-2-4(7)8/h6-7,10,12-13,15,20H,3-5,8-9H2,1-2H3,(H,19,22)(H,21,23);1-2H,(H,5,6)(H,7,8)/b;2-1+. The van der Waals surface area contributed by atoms with Crippen LogP contribution in [0.4, 0.5) is 5.69 Å². The van der Waals surface area contributed by atoms with E-state index in [4.69, 9.17) is 14.9 Å². The van der Waals surface area contributed by atoms with E-state index in [1.165, 1.54) is 33.3 Å². The number of carboxylic acids is 2. The van der Waals surface area contributed by atoms with E-state index >= 15 is 0 Å². The number of nitrogens with one attached hydrogen (secondary N) is 3. The molecular weight excluding hydrogens is 418 g/mol. The lowest BCUT2D eigenvalue weighted by atomic mass is 9.84. The number of hydrogen-bond donors (Lipinski definition) is 5. The van der Waals surface area contributed by atoms with Crippen LogP contribution in [-0.4, -0.2) is 59.2 Å². The third-order valence-corrected chi connectivity index (χ3v) is 5.18. The summed E-state index contributed by atoms with van der Waals surface area (Å²) in [4.78, 5) is 42.9. The summed E-state index contributed by atoms with van der Waals surface area (Å²) in [5.74, 6) is -2.32. The molecule has 2 saturated heterocycles. The molecule has 2 unspecified atom stereocenters. The average molecular weight is 447 g/mol. The lowest BCUT2D eigenvalue weighted by Crippen LogP contribution is -2.54. The molecule has 10 heteroatoms. The molecule has 2 fully saturated rings. The molecule has 5 N–H and O–H groups in total. The SMILES string of the molecule is COc1cc(NC(C)=O)ccc1C(=O)NC1CC2CCCC(C1)N2.O=C(O)/C=C/C(=O)O. The minimum absolute atomic E-state index is 0.119. The maximum absolute atomic E-state index is 12.6. The molecule has 0 aliphatic carbocycles. The summed E-state index contributed by atoms with van der Waals surface area (Å²) in [6.45, 7) is 1.45. The fourth-order valence-electron chi connectivity index (χ4n) is 3.95. The van der Waals surface area contributed by atoms with Crippen LogP contribution in [0, 0.1) is 0 Å². The number of anilines is 1. The summed E-state index contributed by atoms with van der Waals surface area (Å²) in [6.07, 6.45) is 6.74. The van der Waals surface area contributed by atoms with Gasteiger partial charge in [-0.25, -0.2) is 9.59 Å². The van der Waals surface area contributed by atoms with Crippen molar-refractivity contribution in [2.24, 2.45) is 0 Å². The number of ether oxygens (including phenoxy) is 1. The molecule has 32 heavy (non-hydrogen) atoms. The van der Waals surface area contributed by atoms with Crippen LogP contribution in [0.2, 0.25) is 0 Å². The minimum atomic E-state index is -1.26. The van der Waals surface area contributed by atoms with Gasteiger partial charge in [-0.15, -0.1) is 0 Å². The molecular formula is C22H29N3O7. The number of piperidine rings is 2. The third kappa shape index (κ3) is 8.03. The lowest BCUT2D eigenvalue weighted by Gasteiger charge is -2.40. The van der Waals surface area contributed by atoms with Gasteiger partial charge in [0.25, 0.3) is 5.91 Å². The van der Waals surface area contributed by atoms with E-state index in [1.807, 2.05) is 0 Å². The Hall–Kier alpha value is -3.40. The first kappa shape index (κ1) is 24.9. The molecule has 0 aromatic heterocycles. The number of carbonyl (C=O) groups is 4. The zero-order chi connectivity index (χ0) is 23.7. The highest BCUT2D eigenvalue weighted by Gasteiger charge is 2.32. The van der Waals surface area contributed by atoms with E-state index in [2.05, 4.69) is 16.0 Å². The van der Waals surface area contributed by atoms with E-state index in [9.17, 15) is 19.2 Å². The fourth-order valence-corrected chi connectivity index (χ4v) is 3.95. The Morgan fingerprint density at radius 1 is 1.06 bits per heavy atom. The molecule has 2 aliphatic heterocycles. The van der Waals surface area contributed by atoms with Crippen LogP contribution in [-0.2, 0) is 14.4 Å². The molecule has 2 aliphatic rings. The molecule has 2 amide bonds. The van der Waals surface area contributed by atoms with Gasteiger partial charge in [0.15, 0.2) is 0 Å². The first-order valence-corrected chi connectivity index (χ1v) is 10.3. The summed E-state index contributed by atoms with van der Waals surface area (Å²) in [5, 5.41) is 25.1. The monoisotopic (exact) mass is 447 g/mol. The van der Waals surface area contributed by atoms with Crippen LogP contribution in [0.3, 0.4) is 0 Å². The number of hydrogen-bond acceptors (Lipinski definition) is 6. The first-order chi connectivity index (χ1) is 15.2. The van der Waals surface area contributed by atoms with Gasteiger partial charge in [0, 0.05) is 49.0 Å². The van der Waals surface area contributed by atoms with Crippen LogP contribution in [0.1, 0.15) is 49.4 Å². The Bertz CT molecular complexity index is 856. The van der Waals surface area contributed by atoms with Crippen LogP contribution < -0.4 is 20.7 Å². The van der Waals surface area contributed by atoms with Crippen molar-refractivity contribution in [2.45, 2.75) is 57.2 Å². The average Bonchev–Trinajstić information content (AvgIpc) is 2.72. The summed E-state index contributed by atoms with van der Waals surface area (Å²) in [6, 6.07) is 6.33. The van der Waals surface area contributed by atoms with E-state index in [1.54, 1.807) is 18.2 Å². The van der Waals surface area contributed by atoms with Crippen LogP contribution >= 0.6 is 0 Å². The van der Waals surface area contributed by atoms with Crippen LogP contribution in [0.5, 0.6) is 5.75 Å². The number of aliphatic carboxylic acids is 2. The molecule has 2 heterocycles. The maximum atomic E-state index is 12.6. The number of rotatable bonds is 6. The Balaban J connectivity index is 0.000000390. The molecule has 1 aromatic carbocycles. The summed E-state index contributed by atoms with van der Waals surface area (Å²) in [7, 11) is 1.53. The Labute approximate surface area is 186 Å². The zero-order valence-corrected chi connectivity index (χ0v) is 18.1. The molecule has 3 rings (SSSR count). The highest BCUT2D eigenvalue weighted by atomic mass is 16.5. The smallest absolute Gasteiger partial charge is 0.328 e. The lowest BCUT2D eigenvalue weighted by molar-refractivity contribution is -0.134. The van der Waals surface area contributed by atoms with Gasteiger partial charge in [-0.3, -0.25) is 9.59 Å². The van der Waals surface area contributed by atoms with Crippen LogP contribution in [0.25, 0.3) is 0 Å². The molecule has 0 radical (unpaired) electrons. The number of methoxy groups -OCH3 is 1. The van der Waals surface area contributed by atoms with Gasteiger partial charge in [-0.05, 0) is 37.8 Å². The van der Waals surface area contributed by atoms with Crippen molar-refractivity contribution >= 4 is 29.4 Å². The fraction of sp³-hybridized carbons (Fsp3) is 0.455. The number of carbonyl (C=O) groups excluding carboxylic acids is 2. The molecule has 174 valence electrons. The molecule has 2 bridgehead atoms. The summed E-state index contributed by atoms with van der Waals surface area (Å²) >= 11 is 0. The van der Waals surface area contributed by atoms with Crippen molar-refractivity contribution in [3.8, 4) is 5.75 Å². The van der Waals surface area contributed by atoms with Gasteiger partial charge in [-0.2, -0.15) is 0 Å². The molecule has 0 spiro atoms. The quantitative estimate of drug-likeness (QED) is 0.413. The van der Waals surface area contributed by atoms with E-state index in [0.717, 1.165) is 12.8 Å². The van der Waals surface area contributed by atoms with Crippen molar-refractivity contribution < 1.29 is 34.1 Å². The number of carboxylic acid groups (broad SMARTS) is 2. The molecule has 10 nitrogen and oxygen atoms in total. The Morgan fingerprint density at radius 2 is 1.66 bits per heavy atom. The first-order valence-electron chi connectivity index (χ1n) is 10.3. The maximum Gasteiger partial charge on any atom is 0.328 e. The van der Waals surface area contributed by atoms with Gasteiger partial charge in [-0.1, -0.05) is 6.42 Å². The molecule has 2 atom stereocenters. The predicted octanol–water partition coefficient (Wildman–Crippen LogP) is 1.77. The van der Waals surface area contributed by atoms with Crippen molar-refractivity contribution in [2.75, 3.05) is 12.4 Å². The summed E-state index contributed by atoms with van der Waals surface area (Å²) < 4.78 is 5.33. The van der Waals surface area contributed by atoms with E-state index in [0.29, 0.717) is 41.2 Å². The van der Waals surface area contributed by atoms with Crippen LogP contribution in [0.15, 0.2) is 30.4 Å². The normalized spacial score (nSPS) is 21.6. The Morgan fingerprint density at radius 3 is 2.16 bits per heavy atom. The van der Waals surface area contributed by atoms with Gasteiger partial charge < -0.3 is 30.9 Å². The zero-order valence-electron chi connectivity index (χ0n) is 18.1. The van der Waals surface area contributed by atoms with Gasteiger partial charge >= 0.3 is 11.9 Å².